The molecule has 0 saturated carbocycles. The van der Waals surface area contributed by atoms with E-state index in [4.69, 9.17) is 11.6 Å². The number of halogens is 1. The van der Waals surface area contributed by atoms with Gasteiger partial charge in [0.1, 0.15) is 0 Å². The summed E-state index contributed by atoms with van der Waals surface area (Å²) in [5.74, 6) is -0.0432. The molecule has 1 aliphatic rings. The summed E-state index contributed by atoms with van der Waals surface area (Å²) in [6, 6.07) is 15.1. The van der Waals surface area contributed by atoms with E-state index in [1.54, 1.807) is 4.90 Å². The summed E-state index contributed by atoms with van der Waals surface area (Å²) in [6.07, 6.45) is 0.583. The number of amides is 2. The first-order valence-corrected chi connectivity index (χ1v) is 9.82. The predicted octanol–water partition coefficient (Wildman–Crippen LogP) is 3.23. The van der Waals surface area contributed by atoms with E-state index in [-0.39, 0.29) is 11.8 Å². The number of nitrogens with zero attached hydrogens (tertiary/aromatic N) is 2. The maximum atomic E-state index is 12.8. The third kappa shape index (κ3) is 4.14. The number of benzene rings is 2. The van der Waals surface area contributed by atoms with Crippen molar-refractivity contribution in [2.75, 3.05) is 38.6 Å². The first-order chi connectivity index (χ1) is 13.3. The maximum absolute atomic E-state index is 12.8. The zero-order chi connectivity index (χ0) is 20.3. The van der Waals surface area contributed by atoms with Gasteiger partial charge in [0, 0.05) is 50.0 Å². The average Bonchev–Trinajstić information content (AvgIpc) is 2.65. The molecule has 1 aliphatic heterocycles. The monoisotopic (exact) mass is 399 g/mol. The molecule has 1 fully saturated rings. The molecule has 28 heavy (non-hydrogen) atoms. The molecule has 5 nitrogen and oxygen atoms in total. The Hall–Kier alpha value is -2.53. The standard InChI is InChI=1S/C22H26ClN3O2/c1-4-24-21(28)22(13-16-5-9-18(23)10-6-16)14-26(15-22)20(27)17-7-11-19(12-8-17)25(2)3/h5-12H,4,13-15H2,1-3H3,(H,24,28). The fraction of sp³-hybridized carbons (Fsp3) is 0.364. The zero-order valence-electron chi connectivity index (χ0n) is 16.5. The summed E-state index contributed by atoms with van der Waals surface area (Å²) >= 11 is 5.97. The maximum Gasteiger partial charge on any atom is 0.253 e. The van der Waals surface area contributed by atoms with Crippen LogP contribution >= 0.6 is 11.6 Å². The van der Waals surface area contributed by atoms with Crippen LogP contribution in [0.3, 0.4) is 0 Å². The largest absolute Gasteiger partial charge is 0.378 e. The van der Waals surface area contributed by atoms with Crippen molar-refractivity contribution in [3.05, 3.63) is 64.7 Å². The molecule has 1 heterocycles. The zero-order valence-corrected chi connectivity index (χ0v) is 17.3. The molecule has 0 aromatic heterocycles. The average molecular weight is 400 g/mol. The molecule has 0 atom stereocenters. The van der Waals surface area contributed by atoms with E-state index in [1.807, 2.05) is 74.4 Å². The second-order valence-electron chi connectivity index (χ2n) is 7.55. The highest BCUT2D eigenvalue weighted by Crippen LogP contribution is 2.36. The molecule has 3 rings (SSSR count). The van der Waals surface area contributed by atoms with Crippen LogP contribution in [0.5, 0.6) is 0 Å². The second kappa shape index (κ2) is 8.23. The minimum atomic E-state index is -0.594. The Morgan fingerprint density at radius 2 is 1.68 bits per heavy atom. The minimum absolute atomic E-state index is 0.00282. The summed E-state index contributed by atoms with van der Waals surface area (Å²) in [5, 5.41) is 3.60. The predicted molar refractivity (Wildman–Crippen MR) is 113 cm³/mol. The van der Waals surface area contributed by atoms with Gasteiger partial charge in [-0.05, 0) is 55.3 Å². The summed E-state index contributed by atoms with van der Waals surface area (Å²) in [4.78, 5) is 29.3. The molecular formula is C22H26ClN3O2. The van der Waals surface area contributed by atoms with Gasteiger partial charge in [-0.1, -0.05) is 23.7 Å². The van der Waals surface area contributed by atoms with Gasteiger partial charge in [0.2, 0.25) is 5.91 Å². The van der Waals surface area contributed by atoms with Crippen LogP contribution in [-0.4, -0.2) is 50.4 Å². The summed E-state index contributed by atoms with van der Waals surface area (Å²) in [6.45, 7) is 3.30. The first-order valence-electron chi connectivity index (χ1n) is 9.44. The number of nitrogens with one attached hydrogen (secondary N) is 1. The molecule has 2 aromatic rings. The highest BCUT2D eigenvalue weighted by atomic mass is 35.5. The summed E-state index contributed by atoms with van der Waals surface area (Å²) < 4.78 is 0. The Labute approximate surface area is 171 Å². The van der Waals surface area contributed by atoms with Crippen molar-refractivity contribution in [2.45, 2.75) is 13.3 Å². The minimum Gasteiger partial charge on any atom is -0.378 e. The second-order valence-corrected chi connectivity index (χ2v) is 7.98. The van der Waals surface area contributed by atoms with Gasteiger partial charge in [-0.3, -0.25) is 9.59 Å². The molecular weight excluding hydrogens is 374 g/mol. The lowest BCUT2D eigenvalue weighted by Crippen LogP contribution is -2.65. The molecule has 0 spiro atoms. The lowest BCUT2D eigenvalue weighted by atomic mass is 9.73. The van der Waals surface area contributed by atoms with Gasteiger partial charge in [0.25, 0.3) is 5.91 Å². The van der Waals surface area contributed by atoms with Gasteiger partial charge >= 0.3 is 0 Å². The molecule has 1 saturated heterocycles. The number of likely N-dealkylation sites (tertiary alicyclic amines) is 1. The van der Waals surface area contributed by atoms with Crippen molar-refractivity contribution in [1.29, 1.82) is 0 Å². The molecule has 0 bridgehead atoms. The highest BCUT2D eigenvalue weighted by Gasteiger charge is 2.50. The van der Waals surface area contributed by atoms with E-state index in [1.165, 1.54) is 0 Å². The molecule has 1 N–H and O–H groups in total. The Bertz CT molecular complexity index is 841. The van der Waals surface area contributed by atoms with E-state index in [2.05, 4.69) is 5.32 Å². The van der Waals surface area contributed by atoms with Crippen LogP contribution in [-0.2, 0) is 11.2 Å². The number of anilines is 1. The number of carbonyl (C=O) groups excluding carboxylic acids is 2. The molecule has 0 aliphatic carbocycles. The van der Waals surface area contributed by atoms with Crippen molar-refractivity contribution in [1.82, 2.24) is 10.2 Å². The number of carbonyl (C=O) groups is 2. The van der Waals surface area contributed by atoms with Crippen LogP contribution in [0.4, 0.5) is 5.69 Å². The SMILES string of the molecule is CCNC(=O)C1(Cc2ccc(Cl)cc2)CN(C(=O)c2ccc(N(C)C)cc2)C1. The normalized spacial score (nSPS) is 14.9. The molecule has 0 unspecified atom stereocenters. The van der Waals surface area contributed by atoms with Gasteiger partial charge in [0.15, 0.2) is 0 Å². The fourth-order valence-electron chi connectivity index (χ4n) is 3.59. The van der Waals surface area contributed by atoms with E-state index in [0.717, 1.165) is 11.3 Å². The van der Waals surface area contributed by atoms with Crippen molar-refractivity contribution in [3.8, 4) is 0 Å². The number of hydrogen-bond donors (Lipinski definition) is 1. The lowest BCUT2D eigenvalue weighted by Gasteiger charge is -2.49. The molecule has 2 amide bonds. The van der Waals surface area contributed by atoms with Gasteiger partial charge in [-0.15, -0.1) is 0 Å². The Morgan fingerprint density at radius 1 is 1.07 bits per heavy atom. The van der Waals surface area contributed by atoms with Gasteiger partial charge in [-0.2, -0.15) is 0 Å². The molecule has 6 heteroatoms. The van der Waals surface area contributed by atoms with Gasteiger partial charge < -0.3 is 15.1 Å². The number of rotatable bonds is 6. The first kappa shape index (κ1) is 20.2. The van der Waals surface area contributed by atoms with Crippen LogP contribution in [0, 0.1) is 5.41 Å². The summed E-state index contributed by atoms with van der Waals surface area (Å²) in [5.41, 5.74) is 2.13. The van der Waals surface area contributed by atoms with Crippen molar-refractivity contribution in [2.24, 2.45) is 5.41 Å². The highest BCUT2D eigenvalue weighted by molar-refractivity contribution is 6.30. The molecule has 0 radical (unpaired) electrons. The van der Waals surface area contributed by atoms with Crippen LogP contribution in [0.25, 0.3) is 0 Å². The van der Waals surface area contributed by atoms with E-state index in [9.17, 15) is 9.59 Å². The fourth-order valence-corrected chi connectivity index (χ4v) is 3.72. The van der Waals surface area contributed by atoms with Crippen LogP contribution in [0.2, 0.25) is 5.02 Å². The third-order valence-electron chi connectivity index (χ3n) is 5.18. The Morgan fingerprint density at radius 3 is 2.21 bits per heavy atom. The van der Waals surface area contributed by atoms with Crippen molar-refractivity contribution < 1.29 is 9.59 Å². The smallest absolute Gasteiger partial charge is 0.253 e. The number of hydrogen-bond acceptors (Lipinski definition) is 3. The molecule has 2 aromatic carbocycles. The van der Waals surface area contributed by atoms with Crippen LogP contribution in [0.15, 0.2) is 48.5 Å². The van der Waals surface area contributed by atoms with E-state index in [0.29, 0.717) is 36.6 Å². The topological polar surface area (TPSA) is 52.7 Å². The van der Waals surface area contributed by atoms with Crippen LogP contribution in [0.1, 0.15) is 22.8 Å². The molecule has 148 valence electrons. The lowest BCUT2D eigenvalue weighted by molar-refractivity contribution is -0.139. The van der Waals surface area contributed by atoms with Gasteiger partial charge in [0.05, 0.1) is 5.41 Å². The summed E-state index contributed by atoms with van der Waals surface area (Å²) in [7, 11) is 3.92. The Kier molecular flexibility index (Phi) is 5.94. The third-order valence-corrected chi connectivity index (χ3v) is 5.43. The van der Waals surface area contributed by atoms with Crippen LogP contribution < -0.4 is 10.2 Å². The Balaban J connectivity index is 1.73. The van der Waals surface area contributed by atoms with Gasteiger partial charge in [-0.25, -0.2) is 0 Å². The quantitative estimate of drug-likeness (QED) is 0.811. The van der Waals surface area contributed by atoms with E-state index >= 15 is 0 Å². The van der Waals surface area contributed by atoms with E-state index < -0.39 is 5.41 Å². The van der Waals surface area contributed by atoms with Crippen molar-refractivity contribution in [3.63, 3.8) is 0 Å². The van der Waals surface area contributed by atoms with Crippen molar-refractivity contribution >= 4 is 29.1 Å².